The van der Waals surface area contributed by atoms with Crippen LogP contribution in [0, 0.1) is 6.92 Å². The number of aromatic nitrogens is 4. The van der Waals surface area contributed by atoms with Gasteiger partial charge < -0.3 is 5.73 Å². The van der Waals surface area contributed by atoms with Crippen molar-refractivity contribution in [2.75, 3.05) is 0 Å². The third-order valence-corrected chi connectivity index (χ3v) is 3.15. The van der Waals surface area contributed by atoms with Crippen molar-refractivity contribution in [3.63, 3.8) is 0 Å². The summed E-state index contributed by atoms with van der Waals surface area (Å²) < 4.78 is 1.80. The fourth-order valence-electron chi connectivity index (χ4n) is 2.11. The van der Waals surface area contributed by atoms with Crippen LogP contribution >= 0.6 is 0 Å². The zero-order valence-electron chi connectivity index (χ0n) is 11.2. The first-order valence-corrected chi connectivity index (χ1v) is 6.41. The maximum Gasteiger partial charge on any atom is 0.105 e. The summed E-state index contributed by atoms with van der Waals surface area (Å²) in [5, 5.41) is 8.39. The summed E-state index contributed by atoms with van der Waals surface area (Å²) >= 11 is 0. The Hall–Kier alpha value is -2.53. The fraction of sp³-hybridized carbons (Fsp3) is 0.133. The van der Waals surface area contributed by atoms with Gasteiger partial charge in [-0.25, -0.2) is 4.68 Å². The lowest BCUT2D eigenvalue weighted by Crippen LogP contribution is -2.02. The molecule has 0 fully saturated rings. The predicted octanol–water partition coefficient (Wildman–Crippen LogP) is 2.10. The average Bonchev–Trinajstić information content (AvgIpc) is 2.93. The number of hydrogen-bond acceptors (Lipinski definition) is 4. The van der Waals surface area contributed by atoms with Crippen molar-refractivity contribution in [3.05, 3.63) is 60.0 Å². The van der Waals surface area contributed by atoms with E-state index in [9.17, 15) is 0 Å². The highest BCUT2D eigenvalue weighted by Gasteiger charge is 2.15. The lowest BCUT2D eigenvalue weighted by atomic mass is 10.1. The molecule has 0 radical (unpaired) electrons. The highest BCUT2D eigenvalue weighted by Crippen LogP contribution is 2.24. The second kappa shape index (κ2) is 5.22. The Morgan fingerprint density at radius 1 is 1.15 bits per heavy atom. The molecule has 100 valence electrons. The van der Waals surface area contributed by atoms with Crippen molar-refractivity contribution >= 4 is 0 Å². The lowest BCUT2D eigenvalue weighted by Gasteiger charge is -2.07. The van der Waals surface area contributed by atoms with E-state index in [2.05, 4.69) is 22.2 Å². The molecule has 2 heterocycles. The molecule has 0 spiro atoms. The zero-order valence-corrected chi connectivity index (χ0v) is 11.2. The van der Waals surface area contributed by atoms with E-state index in [1.807, 2.05) is 36.4 Å². The van der Waals surface area contributed by atoms with Crippen LogP contribution in [0.3, 0.4) is 0 Å². The fourth-order valence-corrected chi connectivity index (χ4v) is 2.11. The number of rotatable bonds is 3. The van der Waals surface area contributed by atoms with Gasteiger partial charge in [0.05, 0.1) is 5.69 Å². The number of pyridine rings is 1. The Morgan fingerprint density at radius 2 is 1.95 bits per heavy atom. The number of nitrogens with two attached hydrogens (primary N) is 1. The first kappa shape index (κ1) is 12.5. The summed E-state index contributed by atoms with van der Waals surface area (Å²) in [6.07, 6.45) is 3.54. The molecule has 0 aliphatic heterocycles. The Balaban J connectivity index is 2.17. The van der Waals surface area contributed by atoms with Crippen LogP contribution in [0.1, 0.15) is 11.3 Å². The minimum absolute atomic E-state index is 0.343. The van der Waals surface area contributed by atoms with Gasteiger partial charge in [-0.3, -0.25) is 4.98 Å². The van der Waals surface area contributed by atoms with E-state index in [0.717, 1.165) is 22.6 Å². The minimum Gasteiger partial charge on any atom is -0.325 e. The van der Waals surface area contributed by atoms with E-state index in [4.69, 9.17) is 5.73 Å². The molecule has 0 aliphatic carbocycles. The van der Waals surface area contributed by atoms with Gasteiger partial charge in [-0.1, -0.05) is 22.9 Å². The Morgan fingerprint density at radius 3 is 2.60 bits per heavy atom. The molecule has 0 saturated carbocycles. The molecule has 0 atom stereocenters. The SMILES string of the molecule is Cc1ccc(-n2nnc(CN)c2-c2cccnc2)cc1. The van der Waals surface area contributed by atoms with Gasteiger partial charge in [-0.15, -0.1) is 5.10 Å². The molecule has 5 nitrogen and oxygen atoms in total. The van der Waals surface area contributed by atoms with E-state index in [-0.39, 0.29) is 0 Å². The molecular weight excluding hydrogens is 250 g/mol. The second-order valence-corrected chi connectivity index (χ2v) is 4.58. The Bertz CT molecular complexity index is 701. The van der Waals surface area contributed by atoms with Crippen LogP contribution in [0.5, 0.6) is 0 Å². The maximum absolute atomic E-state index is 5.77. The molecule has 0 amide bonds. The van der Waals surface area contributed by atoms with Gasteiger partial charge in [0.2, 0.25) is 0 Å². The largest absolute Gasteiger partial charge is 0.325 e. The topological polar surface area (TPSA) is 69.6 Å². The van der Waals surface area contributed by atoms with Crippen molar-refractivity contribution in [2.24, 2.45) is 5.73 Å². The van der Waals surface area contributed by atoms with Crippen LogP contribution in [0.4, 0.5) is 0 Å². The van der Waals surface area contributed by atoms with E-state index in [1.165, 1.54) is 5.56 Å². The predicted molar refractivity (Wildman–Crippen MR) is 77.2 cm³/mol. The normalized spacial score (nSPS) is 10.7. The monoisotopic (exact) mass is 265 g/mol. The molecule has 2 aromatic heterocycles. The summed E-state index contributed by atoms with van der Waals surface area (Å²) in [4.78, 5) is 4.16. The summed E-state index contributed by atoms with van der Waals surface area (Å²) in [5.74, 6) is 0. The molecule has 3 rings (SSSR count). The third-order valence-electron chi connectivity index (χ3n) is 3.15. The molecule has 0 aliphatic rings. The molecule has 0 bridgehead atoms. The summed E-state index contributed by atoms with van der Waals surface area (Å²) in [5.41, 5.74) is 10.5. The molecule has 20 heavy (non-hydrogen) atoms. The first-order valence-electron chi connectivity index (χ1n) is 6.41. The van der Waals surface area contributed by atoms with E-state index < -0.39 is 0 Å². The smallest absolute Gasteiger partial charge is 0.105 e. The van der Waals surface area contributed by atoms with Crippen molar-refractivity contribution in [1.82, 2.24) is 20.0 Å². The maximum atomic E-state index is 5.77. The van der Waals surface area contributed by atoms with Crippen molar-refractivity contribution in [1.29, 1.82) is 0 Å². The molecule has 5 heteroatoms. The number of benzene rings is 1. The van der Waals surface area contributed by atoms with E-state index in [1.54, 1.807) is 17.1 Å². The van der Waals surface area contributed by atoms with Gasteiger partial charge in [0.1, 0.15) is 11.4 Å². The van der Waals surface area contributed by atoms with Crippen LogP contribution in [0.15, 0.2) is 48.8 Å². The molecule has 2 N–H and O–H groups in total. The van der Waals surface area contributed by atoms with Crippen molar-refractivity contribution < 1.29 is 0 Å². The standard InChI is InChI=1S/C15H15N5/c1-11-4-6-13(7-5-11)20-15(14(9-16)18-19-20)12-3-2-8-17-10-12/h2-8,10H,9,16H2,1H3. The third kappa shape index (κ3) is 2.19. The van der Waals surface area contributed by atoms with Crippen LogP contribution in [-0.2, 0) is 6.54 Å². The average molecular weight is 265 g/mol. The molecule has 3 aromatic rings. The van der Waals surface area contributed by atoms with Crippen LogP contribution in [0.25, 0.3) is 16.9 Å². The highest BCUT2D eigenvalue weighted by molar-refractivity contribution is 5.63. The Labute approximate surface area is 117 Å². The minimum atomic E-state index is 0.343. The first-order chi connectivity index (χ1) is 9.79. The number of aryl methyl sites for hydroxylation is 1. The molecule has 0 saturated heterocycles. The molecule has 0 unspecified atom stereocenters. The van der Waals surface area contributed by atoms with Gasteiger partial charge in [-0.2, -0.15) is 0 Å². The van der Waals surface area contributed by atoms with Crippen LogP contribution in [-0.4, -0.2) is 20.0 Å². The van der Waals surface area contributed by atoms with E-state index >= 15 is 0 Å². The number of nitrogens with zero attached hydrogens (tertiary/aromatic N) is 4. The summed E-state index contributed by atoms with van der Waals surface area (Å²) in [6.45, 7) is 2.40. The lowest BCUT2D eigenvalue weighted by molar-refractivity contribution is 0.799. The highest BCUT2D eigenvalue weighted by atomic mass is 15.4. The van der Waals surface area contributed by atoms with Crippen LogP contribution in [0.2, 0.25) is 0 Å². The van der Waals surface area contributed by atoms with Gasteiger partial charge in [0.15, 0.2) is 0 Å². The van der Waals surface area contributed by atoms with Gasteiger partial charge in [-0.05, 0) is 31.2 Å². The quantitative estimate of drug-likeness (QED) is 0.787. The van der Waals surface area contributed by atoms with Gasteiger partial charge >= 0.3 is 0 Å². The summed E-state index contributed by atoms with van der Waals surface area (Å²) in [7, 11) is 0. The molecule has 1 aromatic carbocycles. The van der Waals surface area contributed by atoms with Crippen molar-refractivity contribution in [2.45, 2.75) is 13.5 Å². The van der Waals surface area contributed by atoms with E-state index in [0.29, 0.717) is 6.54 Å². The zero-order chi connectivity index (χ0) is 13.9. The molecular formula is C15H15N5. The van der Waals surface area contributed by atoms with Gasteiger partial charge in [0, 0.05) is 24.5 Å². The van der Waals surface area contributed by atoms with Gasteiger partial charge in [0.25, 0.3) is 0 Å². The second-order valence-electron chi connectivity index (χ2n) is 4.58. The van der Waals surface area contributed by atoms with Crippen molar-refractivity contribution in [3.8, 4) is 16.9 Å². The summed E-state index contributed by atoms with van der Waals surface area (Å²) in [6, 6.07) is 12.0. The van der Waals surface area contributed by atoms with Crippen LogP contribution < -0.4 is 5.73 Å². The number of hydrogen-bond donors (Lipinski definition) is 1. The Kier molecular flexibility index (Phi) is 3.26.